The lowest BCUT2D eigenvalue weighted by molar-refractivity contribution is -0.130. The fourth-order valence-electron chi connectivity index (χ4n) is 2.67. The number of carbonyl (C=O) groups excluding carboxylic acids is 3. The highest BCUT2D eigenvalue weighted by molar-refractivity contribution is 6.30. The van der Waals surface area contributed by atoms with Gasteiger partial charge in [-0.05, 0) is 54.8 Å². The van der Waals surface area contributed by atoms with Crippen LogP contribution in [0.2, 0.25) is 5.02 Å². The molecule has 3 amide bonds. The Morgan fingerprint density at radius 1 is 0.967 bits per heavy atom. The lowest BCUT2D eigenvalue weighted by atomic mass is 10.0. The molecule has 8 heteroatoms. The lowest BCUT2D eigenvalue weighted by Gasteiger charge is -2.22. The molecule has 0 heterocycles. The van der Waals surface area contributed by atoms with Gasteiger partial charge in [0.15, 0.2) is 0 Å². The largest absolute Gasteiger partial charge is 0.494 e. The van der Waals surface area contributed by atoms with E-state index in [1.165, 1.54) is 0 Å². The predicted molar refractivity (Wildman–Crippen MR) is 115 cm³/mol. The Kier molecular flexibility index (Phi) is 8.68. The van der Waals surface area contributed by atoms with Gasteiger partial charge in [0, 0.05) is 10.6 Å². The topological polar surface area (TPSA) is 96.5 Å². The molecule has 0 fully saturated rings. The summed E-state index contributed by atoms with van der Waals surface area (Å²) in [5, 5.41) is 3.29. The second kappa shape index (κ2) is 11.2. The van der Waals surface area contributed by atoms with Crippen molar-refractivity contribution >= 4 is 29.3 Å². The molecule has 2 aromatic carbocycles. The molecule has 0 bridgehead atoms. The van der Waals surface area contributed by atoms with Gasteiger partial charge in [-0.2, -0.15) is 0 Å². The number of nitrogens with one attached hydrogen (secondary N) is 3. The van der Waals surface area contributed by atoms with Crippen LogP contribution in [0, 0.1) is 5.92 Å². The zero-order valence-electron chi connectivity index (χ0n) is 17.2. The van der Waals surface area contributed by atoms with Crippen LogP contribution in [0.5, 0.6) is 5.75 Å². The SMILES string of the molecule is CCOc1ccc(C(=O)NC(C(=O)NNC(=O)Cc2ccc(Cl)cc2)C(C)C)cc1. The molecule has 0 radical (unpaired) electrons. The Morgan fingerprint density at radius 2 is 1.60 bits per heavy atom. The van der Waals surface area contributed by atoms with E-state index in [2.05, 4.69) is 16.2 Å². The number of hydrazine groups is 1. The Morgan fingerprint density at radius 3 is 2.17 bits per heavy atom. The van der Waals surface area contributed by atoms with Crippen molar-refractivity contribution in [1.29, 1.82) is 0 Å². The molecule has 2 rings (SSSR count). The van der Waals surface area contributed by atoms with Crippen LogP contribution in [0.4, 0.5) is 0 Å². The molecule has 0 aliphatic carbocycles. The maximum absolute atomic E-state index is 12.5. The van der Waals surface area contributed by atoms with Crippen molar-refractivity contribution in [3.05, 3.63) is 64.7 Å². The molecule has 0 aromatic heterocycles. The highest BCUT2D eigenvalue weighted by Gasteiger charge is 2.25. The van der Waals surface area contributed by atoms with Crippen molar-refractivity contribution in [2.75, 3.05) is 6.61 Å². The smallest absolute Gasteiger partial charge is 0.261 e. The van der Waals surface area contributed by atoms with Crippen LogP contribution in [0.25, 0.3) is 0 Å². The van der Waals surface area contributed by atoms with E-state index in [-0.39, 0.29) is 24.2 Å². The highest BCUT2D eigenvalue weighted by Crippen LogP contribution is 2.13. The first-order valence-corrected chi connectivity index (χ1v) is 10.0. The number of ether oxygens (including phenoxy) is 1. The van der Waals surface area contributed by atoms with E-state index in [1.807, 2.05) is 6.92 Å². The molecular weight excluding hydrogens is 406 g/mol. The predicted octanol–water partition coefficient (Wildman–Crippen LogP) is 2.88. The van der Waals surface area contributed by atoms with Crippen molar-refractivity contribution in [3.8, 4) is 5.75 Å². The monoisotopic (exact) mass is 431 g/mol. The minimum atomic E-state index is -0.820. The van der Waals surface area contributed by atoms with Gasteiger partial charge in [0.2, 0.25) is 5.91 Å². The van der Waals surface area contributed by atoms with Crippen molar-refractivity contribution in [2.24, 2.45) is 5.92 Å². The van der Waals surface area contributed by atoms with E-state index >= 15 is 0 Å². The molecule has 7 nitrogen and oxygen atoms in total. The van der Waals surface area contributed by atoms with Crippen LogP contribution in [0.15, 0.2) is 48.5 Å². The van der Waals surface area contributed by atoms with Gasteiger partial charge in [0.25, 0.3) is 11.8 Å². The summed E-state index contributed by atoms with van der Waals surface area (Å²) in [6.07, 6.45) is 0.0856. The summed E-state index contributed by atoms with van der Waals surface area (Å²) in [7, 11) is 0. The van der Waals surface area contributed by atoms with Crippen molar-refractivity contribution < 1.29 is 19.1 Å². The summed E-state index contributed by atoms with van der Waals surface area (Å²) in [5.41, 5.74) is 5.92. The first-order valence-electron chi connectivity index (χ1n) is 9.67. The van der Waals surface area contributed by atoms with Gasteiger partial charge in [0.1, 0.15) is 11.8 Å². The van der Waals surface area contributed by atoms with Crippen LogP contribution in [-0.2, 0) is 16.0 Å². The number of amides is 3. The standard InChI is InChI=1S/C22H26ClN3O4/c1-4-30-18-11-7-16(8-12-18)21(28)24-20(14(2)3)22(29)26-25-19(27)13-15-5-9-17(23)10-6-15/h5-12,14,20H,4,13H2,1-3H3,(H,24,28)(H,25,27)(H,26,29). The number of hydrogen-bond donors (Lipinski definition) is 3. The average molecular weight is 432 g/mol. The first kappa shape index (κ1) is 23.2. The van der Waals surface area contributed by atoms with Gasteiger partial charge in [-0.3, -0.25) is 25.2 Å². The second-order valence-corrected chi connectivity index (χ2v) is 7.43. The van der Waals surface area contributed by atoms with Crippen molar-refractivity contribution in [2.45, 2.75) is 33.2 Å². The molecule has 0 aliphatic rings. The summed E-state index contributed by atoms with van der Waals surface area (Å²) in [4.78, 5) is 37.1. The Balaban J connectivity index is 1.91. The summed E-state index contributed by atoms with van der Waals surface area (Å²) in [6.45, 7) is 6.02. The Bertz CT molecular complexity index is 867. The quantitative estimate of drug-likeness (QED) is 0.560. The number of carbonyl (C=O) groups is 3. The molecule has 3 N–H and O–H groups in total. The molecule has 0 spiro atoms. The van der Waals surface area contributed by atoms with E-state index in [0.717, 1.165) is 5.56 Å². The third-order valence-electron chi connectivity index (χ3n) is 4.27. The average Bonchev–Trinajstić information content (AvgIpc) is 2.72. The molecule has 160 valence electrons. The maximum Gasteiger partial charge on any atom is 0.261 e. The van der Waals surface area contributed by atoms with Crippen LogP contribution in [0.1, 0.15) is 36.7 Å². The van der Waals surface area contributed by atoms with Crippen LogP contribution < -0.4 is 20.9 Å². The fourth-order valence-corrected chi connectivity index (χ4v) is 2.80. The fraction of sp³-hybridized carbons (Fsp3) is 0.318. The van der Waals surface area contributed by atoms with Crippen molar-refractivity contribution in [3.63, 3.8) is 0 Å². The van der Waals surface area contributed by atoms with Crippen LogP contribution in [0.3, 0.4) is 0 Å². The van der Waals surface area contributed by atoms with E-state index in [1.54, 1.807) is 62.4 Å². The van der Waals surface area contributed by atoms with E-state index in [9.17, 15) is 14.4 Å². The first-order chi connectivity index (χ1) is 14.3. The van der Waals surface area contributed by atoms with Gasteiger partial charge >= 0.3 is 0 Å². The second-order valence-electron chi connectivity index (χ2n) is 6.99. The molecule has 2 aromatic rings. The van der Waals surface area contributed by atoms with E-state index < -0.39 is 11.9 Å². The minimum Gasteiger partial charge on any atom is -0.494 e. The molecule has 1 unspecified atom stereocenters. The summed E-state index contributed by atoms with van der Waals surface area (Å²) in [6, 6.07) is 12.7. The highest BCUT2D eigenvalue weighted by atomic mass is 35.5. The van der Waals surface area contributed by atoms with E-state index in [4.69, 9.17) is 16.3 Å². The molecule has 0 aliphatic heterocycles. The third kappa shape index (κ3) is 7.08. The van der Waals surface area contributed by atoms with Crippen LogP contribution >= 0.6 is 11.6 Å². The lowest BCUT2D eigenvalue weighted by Crippen LogP contribution is -2.54. The number of hydrogen-bond acceptors (Lipinski definition) is 4. The van der Waals surface area contributed by atoms with Gasteiger partial charge < -0.3 is 10.1 Å². The van der Waals surface area contributed by atoms with Crippen LogP contribution in [-0.4, -0.2) is 30.4 Å². The minimum absolute atomic E-state index is 0.0856. The van der Waals surface area contributed by atoms with Gasteiger partial charge in [-0.1, -0.05) is 37.6 Å². The maximum atomic E-state index is 12.5. The summed E-state index contributed by atoms with van der Waals surface area (Å²) >= 11 is 5.82. The normalized spacial score (nSPS) is 11.5. The molecule has 0 saturated heterocycles. The van der Waals surface area contributed by atoms with Gasteiger partial charge in [0.05, 0.1) is 13.0 Å². The molecule has 1 atom stereocenters. The van der Waals surface area contributed by atoms with E-state index in [0.29, 0.717) is 22.9 Å². The zero-order chi connectivity index (χ0) is 22.1. The molecule has 30 heavy (non-hydrogen) atoms. The van der Waals surface area contributed by atoms with Crippen molar-refractivity contribution in [1.82, 2.24) is 16.2 Å². The van der Waals surface area contributed by atoms with Gasteiger partial charge in [-0.25, -0.2) is 0 Å². The number of benzene rings is 2. The Hall–Kier alpha value is -3.06. The van der Waals surface area contributed by atoms with Gasteiger partial charge in [-0.15, -0.1) is 0 Å². The number of halogens is 1. The summed E-state index contributed by atoms with van der Waals surface area (Å²) in [5.74, 6) is -0.806. The Labute approximate surface area is 181 Å². The summed E-state index contributed by atoms with van der Waals surface area (Å²) < 4.78 is 5.36. The molecular formula is C22H26ClN3O4. The molecule has 0 saturated carbocycles. The number of rotatable bonds is 8. The zero-order valence-corrected chi connectivity index (χ0v) is 18.0. The third-order valence-corrected chi connectivity index (χ3v) is 4.52.